The number of carbonyl (C=O) groups is 1. The third-order valence-electron chi connectivity index (χ3n) is 4.52. The second-order valence-corrected chi connectivity index (χ2v) is 6.22. The average Bonchev–Trinajstić information content (AvgIpc) is 2.63. The molecule has 0 saturated carbocycles. The summed E-state index contributed by atoms with van der Waals surface area (Å²) < 4.78 is 10.8. The SMILES string of the molecule is CCOC(=O)C1Cc2ccccc2CN1Cc1ccc(OCC)cc1. The number of esters is 1. The second-order valence-electron chi connectivity index (χ2n) is 6.22. The molecule has 1 unspecified atom stereocenters. The normalized spacial score (nSPS) is 17.0. The fourth-order valence-electron chi connectivity index (χ4n) is 3.31. The van der Waals surface area contributed by atoms with Gasteiger partial charge in [-0.25, -0.2) is 0 Å². The smallest absolute Gasteiger partial charge is 0.323 e. The van der Waals surface area contributed by atoms with Crippen LogP contribution >= 0.6 is 0 Å². The Kier molecular flexibility index (Phi) is 5.71. The lowest BCUT2D eigenvalue weighted by Crippen LogP contribution is -2.45. The van der Waals surface area contributed by atoms with Crippen molar-refractivity contribution in [3.8, 4) is 5.75 Å². The van der Waals surface area contributed by atoms with Gasteiger partial charge in [0, 0.05) is 13.1 Å². The first-order valence-electron chi connectivity index (χ1n) is 8.90. The molecule has 1 aliphatic rings. The Morgan fingerprint density at radius 1 is 1.04 bits per heavy atom. The van der Waals surface area contributed by atoms with Gasteiger partial charge in [0.25, 0.3) is 0 Å². The van der Waals surface area contributed by atoms with Crippen LogP contribution in [0.2, 0.25) is 0 Å². The van der Waals surface area contributed by atoms with Crippen molar-refractivity contribution in [2.75, 3.05) is 13.2 Å². The van der Waals surface area contributed by atoms with E-state index in [2.05, 4.69) is 35.2 Å². The highest BCUT2D eigenvalue weighted by Gasteiger charge is 2.32. The summed E-state index contributed by atoms with van der Waals surface area (Å²) in [5.74, 6) is 0.736. The molecule has 0 fully saturated rings. The van der Waals surface area contributed by atoms with Crippen LogP contribution in [0.4, 0.5) is 0 Å². The van der Waals surface area contributed by atoms with Gasteiger partial charge >= 0.3 is 5.97 Å². The molecule has 1 heterocycles. The van der Waals surface area contributed by atoms with Crippen LogP contribution in [0.15, 0.2) is 48.5 Å². The fourth-order valence-corrected chi connectivity index (χ4v) is 3.31. The molecular formula is C21H25NO3. The molecule has 0 radical (unpaired) electrons. The van der Waals surface area contributed by atoms with Crippen molar-refractivity contribution in [1.82, 2.24) is 4.90 Å². The second kappa shape index (κ2) is 8.17. The van der Waals surface area contributed by atoms with Crippen LogP contribution in [0.5, 0.6) is 5.75 Å². The van der Waals surface area contributed by atoms with Crippen molar-refractivity contribution >= 4 is 5.97 Å². The number of ether oxygens (including phenoxy) is 2. The van der Waals surface area contributed by atoms with Gasteiger partial charge in [-0.2, -0.15) is 0 Å². The van der Waals surface area contributed by atoms with Crippen LogP contribution in [0.25, 0.3) is 0 Å². The summed E-state index contributed by atoms with van der Waals surface area (Å²) in [5.41, 5.74) is 3.69. The van der Waals surface area contributed by atoms with Gasteiger partial charge in [-0.15, -0.1) is 0 Å². The first-order valence-corrected chi connectivity index (χ1v) is 8.90. The summed E-state index contributed by atoms with van der Waals surface area (Å²) in [5, 5.41) is 0. The van der Waals surface area contributed by atoms with E-state index in [4.69, 9.17) is 9.47 Å². The van der Waals surface area contributed by atoms with E-state index in [1.807, 2.05) is 32.0 Å². The Balaban J connectivity index is 1.79. The van der Waals surface area contributed by atoms with Gasteiger partial charge in [-0.05, 0) is 49.1 Å². The minimum absolute atomic E-state index is 0.136. The molecule has 0 spiro atoms. The van der Waals surface area contributed by atoms with E-state index in [1.165, 1.54) is 11.1 Å². The number of hydrogen-bond acceptors (Lipinski definition) is 4. The number of benzene rings is 2. The molecule has 132 valence electrons. The van der Waals surface area contributed by atoms with Crippen molar-refractivity contribution in [2.45, 2.75) is 39.4 Å². The topological polar surface area (TPSA) is 38.8 Å². The van der Waals surface area contributed by atoms with E-state index < -0.39 is 0 Å². The lowest BCUT2D eigenvalue weighted by atomic mass is 9.93. The van der Waals surface area contributed by atoms with E-state index in [0.29, 0.717) is 26.2 Å². The molecule has 0 N–H and O–H groups in total. The van der Waals surface area contributed by atoms with E-state index in [-0.39, 0.29) is 12.0 Å². The molecule has 25 heavy (non-hydrogen) atoms. The Bertz CT molecular complexity index is 711. The highest BCUT2D eigenvalue weighted by molar-refractivity contribution is 5.76. The molecule has 0 aliphatic carbocycles. The summed E-state index contributed by atoms with van der Waals surface area (Å²) in [6, 6.07) is 16.2. The summed E-state index contributed by atoms with van der Waals surface area (Å²) in [6.07, 6.45) is 0.700. The molecule has 4 nitrogen and oxygen atoms in total. The maximum atomic E-state index is 12.5. The van der Waals surface area contributed by atoms with Crippen LogP contribution in [0.3, 0.4) is 0 Å². The lowest BCUT2D eigenvalue weighted by molar-refractivity contribution is -0.150. The van der Waals surface area contributed by atoms with Crippen molar-refractivity contribution in [1.29, 1.82) is 0 Å². The molecule has 0 amide bonds. The van der Waals surface area contributed by atoms with Crippen LogP contribution in [-0.4, -0.2) is 30.1 Å². The van der Waals surface area contributed by atoms with Gasteiger partial charge < -0.3 is 9.47 Å². The number of nitrogens with zero attached hydrogens (tertiary/aromatic N) is 1. The van der Waals surface area contributed by atoms with E-state index >= 15 is 0 Å². The third kappa shape index (κ3) is 4.20. The highest BCUT2D eigenvalue weighted by atomic mass is 16.5. The lowest BCUT2D eigenvalue weighted by Gasteiger charge is -2.35. The number of hydrogen-bond donors (Lipinski definition) is 0. The highest BCUT2D eigenvalue weighted by Crippen LogP contribution is 2.26. The Hall–Kier alpha value is -2.33. The summed E-state index contributed by atoms with van der Waals surface area (Å²) in [7, 11) is 0. The molecular weight excluding hydrogens is 314 g/mol. The first-order chi connectivity index (χ1) is 12.2. The van der Waals surface area contributed by atoms with Gasteiger partial charge in [0.05, 0.1) is 13.2 Å². The molecule has 1 aliphatic heterocycles. The molecule has 1 atom stereocenters. The summed E-state index contributed by atoms with van der Waals surface area (Å²) >= 11 is 0. The van der Waals surface area contributed by atoms with Crippen molar-refractivity contribution < 1.29 is 14.3 Å². The molecule has 2 aromatic carbocycles. The van der Waals surface area contributed by atoms with Crippen LogP contribution in [0.1, 0.15) is 30.5 Å². The van der Waals surface area contributed by atoms with Gasteiger partial charge in [-0.3, -0.25) is 9.69 Å². The molecule has 3 rings (SSSR count). The third-order valence-corrected chi connectivity index (χ3v) is 4.52. The molecule has 2 aromatic rings. The predicted octanol–water partition coefficient (Wildman–Crippen LogP) is 3.58. The standard InChI is InChI=1S/C21H25NO3/c1-3-24-19-11-9-16(10-12-19)14-22-15-18-8-6-5-7-17(18)13-20(22)21(23)25-4-2/h5-12,20H,3-4,13-15H2,1-2H3. The van der Waals surface area contributed by atoms with E-state index in [1.54, 1.807) is 0 Å². The van der Waals surface area contributed by atoms with E-state index in [9.17, 15) is 4.79 Å². The van der Waals surface area contributed by atoms with Crippen LogP contribution < -0.4 is 4.74 Å². The van der Waals surface area contributed by atoms with Gasteiger partial charge in [0.2, 0.25) is 0 Å². The minimum Gasteiger partial charge on any atom is -0.494 e. The Morgan fingerprint density at radius 2 is 1.76 bits per heavy atom. The maximum absolute atomic E-state index is 12.5. The fraction of sp³-hybridized carbons (Fsp3) is 0.381. The average molecular weight is 339 g/mol. The van der Waals surface area contributed by atoms with Crippen LogP contribution in [0, 0.1) is 0 Å². The summed E-state index contributed by atoms with van der Waals surface area (Å²) in [4.78, 5) is 14.7. The Morgan fingerprint density at radius 3 is 2.44 bits per heavy atom. The van der Waals surface area contributed by atoms with Crippen molar-refractivity contribution in [3.05, 3.63) is 65.2 Å². The maximum Gasteiger partial charge on any atom is 0.323 e. The molecule has 0 bridgehead atoms. The van der Waals surface area contributed by atoms with Crippen molar-refractivity contribution in [2.24, 2.45) is 0 Å². The number of rotatable bonds is 6. The quantitative estimate of drug-likeness (QED) is 0.754. The van der Waals surface area contributed by atoms with Gasteiger partial charge in [0.1, 0.15) is 11.8 Å². The minimum atomic E-state index is -0.235. The Labute approximate surface area is 149 Å². The van der Waals surface area contributed by atoms with E-state index in [0.717, 1.165) is 17.9 Å². The van der Waals surface area contributed by atoms with Crippen molar-refractivity contribution in [3.63, 3.8) is 0 Å². The summed E-state index contributed by atoms with van der Waals surface area (Å²) in [6.45, 7) is 6.37. The van der Waals surface area contributed by atoms with Gasteiger partial charge in [0.15, 0.2) is 0 Å². The number of fused-ring (bicyclic) bond motifs is 1. The molecule has 0 saturated heterocycles. The molecule has 4 heteroatoms. The van der Waals surface area contributed by atoms with Gasteiger partial charge in [-0.1, -0.05) is 36.4 Å². The molecule has 0 aromatic heterocycles. The largest absolute Gasteiger partial charge is 0.494 e. The zero-order valence-electron chi connectivity index (χ0n) is 14.9. The zero-order valence-corrected chi connectivity index (χ0v) is 14.9. The predicted molar refractivity (Wildman–Crippen MR) is 97.4 cm³/mol. The van der Waals surface area contributed by atoms with Crippen LogP contribution in [-0.2, 0) is 29.0 Å². The monoisotopic (exact) mass is 339 g/mol. The number of carbonyl (C=O) groups excluding carboxylic acids is 1. The first kappa shape index (κ1) is 17.5. The zero-order chi connectivity index (χ0) is 17.6.